The highest BCUT2D eigenvalue weighted by Crippen LogP contribution is 2.47. The first-order valence-electron chi connectivity index (χ1n) is 14.2. The summed E-state index contributed by atoms with van der Waals surface area (Å²) in [5.74, 6) is -1.30. The first-order valence-corrected chi connectivity index (χ1v) is 14.6. The Morgan fingerprint density at radius 2 is 1.64 bits per heavy atom. The van der Waals surface area contributed by atoms with Gasteiger partial charge in [-0.05, 0) is 61.6 Å². The zero-order valence-electron chi connectivity index (χ0n) is 23.9. The lowest BCUT2D eigenvalue weighted by atomic mass is 9.93. The van der Waals surface area contributed by atoms with Gasteiger partial charge < -0.3 is 19.4 Å². The molecule has 226 valence electrons. The summed E-state index contributed by atoms with van der Waals surface area (Å²) < 4.78 is 45.9. The Hall–Kier alpha value is -3.27. The number of benzene rings is 2. The van der Waals surface area contributed by atoms with Crippen LogP contribution < -0.4 is 4.74 Å². The van der Waals surface area contributed by atoms with Gasteiger partial charge in [0.1, 0.15) is 5.75 Å². The summed E-state index contributed by atoms with van der Waals surface area (Å²) in [6.07, 6.45) is -1.72. The maximum Gasteiger partial charge on any atom is 0.419 e. The molecule has 2 aliphatic heterocycles. The van der Waals surface area contributed by atoms with Gasteiger partial charge in [0.15, 0.2) is 0 Å². The number of halogens is 4. The standard InChI is InChI=1S/C31H35ClF3N3O4/c1-30(12-13-30)29(41)37-14-10-20(11-15-37)28(40)38-17-23(19-4-7-22(32)8-5-19)25(18-38)36(2)27(39)21-6-9-26(42-3)24(16-21)31(33,34)35/h4-9,16,20,23,25H,10-15,17-18H2,1-3H3/t23-,25-/m0/s1. The highest BCUT2D eigenvalue weighted by atomic mass is 35.5. The van der Waals surface area contributed by atoms with E-state index in [-0.39, 0.29) is 46.9 Å². The fourth-order valence-corrected chi connectivity index (χ4v) is 6.31. The van der Waals surface area contributed by atoms with E-state index in [1.54, 1.807) is 24.1 Å². The smallest absolute Gasteiger partial charge is 0.419 e. The van der Waals surface area contributed by atoms with Crippen molar-refractivity contribution in [3.05, 3.63) is 64.2 Å². The molecule has 2 aromatic rings. The first-order chi connectivity index (χ1) is 19.8. The predicted octanol–water partition coefficient (Wildman–Crippen LogP) is 5.47. The van der Waals surface area contributed by atoms with E-state index in [1.807, 2.05) is 24.0 Å². The van der Waals surface area contributed by atoms with E-state index in [0.29, 0.717) is 37.5 Å². The molecule has 5 rings (SSSR count). The molecule has 7 nitrogen and oxygen atoms in total. The molecule has 1 aliphatic carbocycles. The van der Waals surface area contributed by atoms with E-state index in [1.165, 1.54) is 11.0 Å². The number of likely N-dealkylation sites (tertiary alicyclic amines) is 2. The van der Waals surface area contributed by atoms with Crippen LogP contribution >= 0.6 is 11.6 Å². The number of carbonyl (C=O) groups is 3. The summed E-state index contributed by atoms with van der Waals surface area (Å²) in [5.41, 5.74) is -0.510. The highest BCUT2D eigenvalue weighted by molar-refractivity contribution is 6.30. The molecule has 0 spiro atoms. The maximum absolute atomic E-state index is 13.7. The molecule has 3 amide bonds. The van der Waals surface area contributed by atoms with Crippen molar-refractivity contribution < 1.29 is 32.3 Å². The van der Waals surface area contributed by atoms with Gasteiger partial charge in [-0.15, -0.1) is 0 Å². The number of hydrogen-bond acceptors (Lipinski definition) is 4. The van der Waals surface area contributed by atoms with E-state index in [0.717, 1.165) is 37.6 Å². The molecule has 2 heterocycles. The van der Waals surface area contributed by atoms with Crippen LogP contribution in [0.4, 0.5) is 13.2 Å². The second kappa shape index (κ2) is 11.4. The lowest BCUT2D eigenvalue weighted by Crippen LogP contribution is -2.46. The van der Waals surface area contributed by atoms with Crippen LogP contribution in [0.5, 0.6) is 5.75 Å². The minimum absolute atomic E-state index is 0.0224. The van der Waals surface area contributed by atoms with Crippen molar-refractivity contribution in [1.82, 2.24) is 14.7 Å². The number of hydrogen-bond donors (Lipinski definition) is 0. The summed E-state index contributed by atoms with van der Waals surface area (Å²) in [6.45, 7) is 3.67. The van der Waals surface area contributed by atoms with E-state index >= 15 is 0 Å². The lowest BCUT2D eigenvalue weighted by Gasteiger charge is -2.34. The molecule has 2 aromatic carbocycles. The summed E-state index contributed by atoms with van der Waals surface area (Å²) in [6, 6.07) is 9.98. The normalized spacial score (nSPS) is 22.2. The minimum atomic E-state index is -4.70. The number of amides is 3. The Morgan fingerprint density at radius 3 is 2.21 bits per heavy atom. The molecule has 0 unspecified atom stereocenters. The van der Waals surface area contributed by atoms with Gasteiger partial charge in [-0.1, -0.05) is 30.7 Å². The summed E-state index contributed by atoms with van der Waals surface area (Å²) in [5, 5.41) is 0.546. The van der Waals surface area contributed by atoms with Gasteiger partial charge in [0.25, 0.3) is 5.91 Å². The second-order valence-corrected chi connectivity index (χ2v) is 12.4. The number of carbonyl (C=O) groups excluding carboxylic acids is 3. The van der Waals surface area contributed by atoms with Crippen LogP contribution in [0.3, 0.4) is 0 Å². The molecule has 0 N–H and O–H groups in total. The summed E-state index contributed by atoms with van der Waals surface area (Å²) in [7, 11) is 2.71. The molecule has 0 radical (unpaired) electrons. The third kappa shape index (κ3) is 5.96. The van der Waals surface area contributed by atoms with Crippen LogP contribution in [0.25, 0.3) is 0 Å². The highest BCUT2D eigenvalue weighted by Gasteiger charge is 2.48. The van der Waals surface area contributed by atoms with E-state index in [4.69, 9.17) is 16.3 Å². The van der Waals surface area contributed by atoms with Crippen LogP contribution in [-0.4, -0.2) is 78.8 Å². The molecule has 0 bridgehead atoms. The van der Waals surface area contributed by atoms with Crippen molar-refractivity contribution in [3.63, 3.8) is 0 Å². The predicted molar refractivity (Wildman–Crippen MR) is 151 cm³/mol. The Kier molecular flexibility index (Phi) is 8.22. The third-order valence-electron chi connectivity index (χ3n) is 9.12. The topological polar surface area (TPSA) is 70.2 Å². The quantitative estimate of drug-likeness (QED) is 0.438. The van der Waals surface area contributed by atoms with Crippen LogP contribution in [0.2, 0.25) is 5.02 Å². The maximum atomic E-state index is 13.7. The van der Waals surface area contributed by atoms with Gasteiger partial charge in [0.05, 0.1) is 18.7 Å². The number of ether oxygens (including phenoxy) is 1. The number of rotatable bonds is 6. The largest absolute Gasteiger partial charge is 0.496 e. The van der Waals surface area contributed by atoms with E-state index in [2.05, 4.69) is 0 Å². The first kappa shape index (κ1) is 30.2. The zero-order chi connectivity index (χ0) is 30.4. The van der Waals surface area contributed by atoms with Crippen molar-refractivity contribution in [2.45, 2.75) is 50.7 Å². The fourth-order valence-electron chi connectivity index (χ4n) is 6.18. The molecule has 2 saturated heterocycles. The zero-order valence-corrected chi connectivity index (χ0v) is 24.7. The number of piperidine rings is 1. The number of methoxy groups -OCH3 is 1. The lowest BCUT2D eigenvalue weighted by molar-refractivity contribution is -0.142. The Labute approximate surface area is 248 Å². The molecule has 42 heavy (non-hydrogen) atoms. The molecule has 1 saturated carbocycles. The molecule has 3 aliphatic rings. The molecular weight excluding hydrogens is 571 g/mol. The van der Waals surface area contributed by atoms with Gasteiger partial charge in [-0.25, -0.2) is 0 Å². The van der Waals surface area contributed by atoms with Crippen molar-refractivity contribution in [1.29, 1.82) is 0 Å². The van der Waals surface area contributed by atoms with Crippen molar-refractivity contribution in [2.75, 3.05) is 40.3 Å². The van der Waals surface area contributed by atoms with Crippen molar-refractivity contribution in [3.8, 4) is 5.75 Å². The Bertz CT molecular complexity index is 1350. The van der Waals surface area contributed by atoms with Gasteiger partial charge in [-0.3, -0.25) is 14.4 Å². The molecule has 0 aromatic heterocycles. The third-order valence-corrected chi connectivity index (χ3v) is 9.37. The SMILES string of the molecule is COc1ccc(C(=O)N(C)[C@H]2CN(C(=O)C3CCN(C(=O)C4(C)CC4)CC3)C[C@H]2c2ccc(Cl)cc2)cc1C(F)(F)F. The fraction of sp³-hybridized carbons (Fsp3) is 0.516. The summed E-state index contributed by atoms with van der Waals surface area (Å²) >= 11 is 6.11. The van der Waals surface area contributed by atoms with Gasteiger partial charge in [-0.2, -0.15) is 13.2 Å². The van der Waals surface area contributed by atoms with E-state index in [9.17, 15) is 27.6 Å². The van der Waals surface area contributed by atoms with Gasteiger partial charge >= 0.3 is 6.18 Å². The number of alkyl halides is 3. The van der Waals surface area contributed by atoms with Crippen LogP contribution in [0.1, 0.15) is 60.0 Å². The van der Waals surface area contributed by atoms with Crippen LogP contribution in [0.15, 0.2) is 42.5 Å². The average molecular weight is 606 g/mol. The molecule has 11 heteroatoms. The monoisotopic (exact) mass is 605 g/mol. The van der Waals surface area contributed by atoms with Crippen LogP contribution in [-0.2, 0) is 15.8 Å². The number of nitrogens with zero attached hydrogens (tertiary/aromatic N) is 3. The average Bonchev–Trinajstić information content (AvgIpc) is 3.58. The molecule has 3 fully saturated rings. The van der Waals surface area contributed by atoms with Crippen LogP contribution in [0, 0.1) is 11.3 Å². The Morgan fingerprint density at radius 1 is 1.00 bits per heavy atom. The minimum Gasteiger partial charge on any atom is -0.496 e. The molecule has 2 atom stereocenters. The van der Waals surface area contributed by atoms with E-state index < -0.39 is 23.7 Å². The van der Waals surface area contributed by atoms with Crippen molar-refractivity contribution in [2.24, 2.45) is 11.3 Å². The Balaban J connectivity index is 1.34. The van der Waals surface area contributed by atoms with Gasteiger partial charge in [0.2, 0.25) is 11.8 Å². The summed E-state index contributed by atoms with van der Waals surface area (Å²) in [4.78, 5) is 45.1. The van der Waals surface area contributed by atoms with Crippen molar-refractivity contribution >= 4 is 29.3 Å². The van der Waals surface area contributed by atoms with Gasteiger partial charge in [0, 0.05) is 61.1 Å². The molecular formula is C31H35ClF3N3O4. The number of likely N-dealkylation sites (N-methyl/N-ethyl adjacent to an activating group) is 1. The second-order valence-electron chi connectivity index (χ2n) is 11.9.